The predicted octanol–water partition coefficient (Wildman–Crippen LogP) is 2.98. The summed E-state index contributed by atoms with van der Waals surface area (Å²) in [6.07, 6.45) is -0.0414. The fourth-order valence-electron chi connectivity index (χ4n) is 3.23. The summed E-state index contributed by atoms with van der Waals surface area (Å²) in [6, 6.07) is 5.95. The van der Waals surface area contributed by atoms with E-state index < -0.39 is 23.5 Å². The van der Waals surface area contributed by atoms with E-state index in [1.165, 1.54) is 26.2 Å². The summed E-state index contributed by atoms with van der Waals surface area (Å²) in [5.41, 5.74) is 0.475. The predicted molar refractivity (Wildman–Crippen MR) is 102 cm³/mol. The highest BCUT2D eigenvalue weighted by atomic mass is 19.1. The van der Waals surface area contributed by atoms with E-state index in [4.69, 9.17) is 14.2 Å². The summed E-state index contributed by atoms with van der Waals surface area (Å²) in [6.45, 7) is 0.0983. The first-order valence-electron chi connectivity index (χ1n) is 8.73. The zero-order valence-corrected chi connectivity index (χ0v) is 16.1. The van der Waals surface area contributed by atoms with Crippen LogP contribution in [0.1, 0.15) is 6.42 Å². The number of hydrogen-bond donors (Lipinski definition) is 1. The Labute approximate surface area is 166 Å². The lowest BCUT2D eigenvalue weighted by Crippen LogP contribution is -2.28. The molecule has 1 heterocycles. The molecule has 1 atom stereocenters. The number of amides is 2. The molecule has 0 aliphatic carbocycles. The maximum atomic E-state index is 13.3. The van der Waals surface area contributed by atoms with Crippen LogP contribution < -0.4 is 24.4 Å². The third kappa shape index (κ3) is 4.23. The maximum Gasteiger partial charge on any atom is 0.229 e. The van der Waals surface area contributed by atoms with E-state index in [2.05, 4.69) is 5.32 Å². The summed E-state index contributed by atoms with van der Waals surface area (Å²) < 4.78 is 42.5. The molecule has 2 amide bonds. The van der Waals surface area contributed by atoms with Gasteiger partial charge >= 0.3 is 0 Å². The van der Waals surface area contributed by atoms with Gasteiger partial charge in [-0.25, -0.2) is 8.78 Å². The summed E-state index contributed by atoms with van der Waals surface area (Å²) in [5.74, 6) is -1.94. The Morgan fingerprint density at radius 2 is 1.59 bits per heavy atom. The highest BCUT2D eigenvalue weighted by Gasteiger charge is 2.36. The number of rotatable bonds is 6. The van der Waals surface area contributed by atoms with Gasteiger partial charge in [0.2, 0.25) is 17.6 Å². The van der Waals surface area contributed by atoms with Crippen molar-refractivity contribution in [3.05, 3.63) is 42.0 Å². The van der Waals surface area contributed by atoms with E-state index >= 15 is 0 Å². The first-order valence-corrected chi connectivity index (χ1v) is 8.73. The largest absolute Gasteiger partial charge is 0.493 e. The lowest BCUT2D eigenvalue weighted by atomic mass is 10.1. The van der Waals surface area contributed by atoms with Crippen LogP contribution in [0.25, 0.3) is 0 Å². The van der Waals surface area contributed by atoms with E-state index in [1.54, 1.807) is 12.1 Å². The molecule has 1 unspecified atom stereocenters. The molecule has 1 fully saturated rings. The van der Waals surface area contributed by atoms with Crippen molar-refractivity contribution in [3.63, 3.8) is 0 Å². The number of benzene rings is 2. The number of nitrogens with one attached hydrogen (secondary N) is 1. The number of anilines is 2. The summed E-state index contributed by atoms with van der Waals surface area (Å²) in [5, 5.41) is 2.45. The van der Waals surface area contributed by atoms with Gasteiger partial charge in [0.15, 0.2) is 11.5 Å². The Balaban J connectivity index is 1.80. The first kappa shape index (κ1) is 20.4. The molecule has 0 spiro atoms. The van der Waals surface area contributed by atoms with E-state index in [1.807, 2.05) is 0 Å². The topological polar surface area (TPSA) is 77.1 Å². The van der Waals surface area contributed by atoms with Crippen molar-refractivity contribution < 1.29 is 32.6 Å². The molecule has 9 heteroatoms. The first-order chi connectivity index (χ1) is 13.9. The monoisotopic (exact) mass is 406 g/mol. The molecule has 0 radical (unpaired) electrons. The SMILES string of the molecule is COc1cc(N2CC(C(=O)Nc3cc(F)cc(F)c3)CC2=O)cc(OC)c1OC. The van der Waals surface area contributed by atoms with Gasteiger partial charge in [-0.15, -0.1) is 0 Å². The Kier molecular flexibility index (Phi) is 5.86. The van der Waals surface area contributed by atoms with E-state index in [9.17, 15) is 18.4 Å². The second-order valence-electron chi connectivity index (χ2n) is 6.44. The molecule has 0 bridgehead atoms. The Hall–Kier alpha value is -3.36. The van der Waals surface area contributed by atoms with Gasteiger partial charge in [-0.2, -0.15) is 0 Å². The fourth-order valence-corrected chi connectivity index (χ4v) is 3.23. The van der Waals surface area contributed by atoms with Crippen molar-refractivity contribution in [2.75, 3.05) is 38.1 Å². The van der Waals surface area contributed by atoms with Gasteiger partial charge in [-0.3, -0.25) is 9.59 Å². The van der Waals surface area contributed by atoms with Crippen molar-refractivity contribution >= 4 is 23.2 Å². The molecule has 1 N–H and O–H groups in total. The molecule has 29 heavy (non-hydrogen) atoms. The molecule has 1 saturated heterocycles. The molecule has 7 nitrogen and oxygen atoms in total. The van der Waals surface area contributed by atoms with Crippen LogP contribution in [0.2, 0.25) is 0 Å². The van der Waals surface area contributed by atoms with Crippen LogP contribution in [0, 0.1) is 17.6 Å². The van der Waals surface area contributed by atoms with Gasteiger partial charge in [0.1, 0.15) is 11.6 Å². The quantitative estimate of drug-likeness (QED) is 0.798. The fraction of sp³-hybridized carbons (Fsp3) is 0.300. The van der Waals surface area contributed by atoms with Gasteiger partial charge < -0.3 is 24.4 Å². The minimum atomic E-state index is -0.804. The third-order valence-electron chi connectivity index (χ3n) is 4.59. The zero-order chi connectivity index (χ0) is 21.1. The Morgan fingerprint density at radius 1 is 1.00 bits per heavy atom. The summed E-state index contributed by atoms with van der Waals surface area (Å²) in [4.78, 5) is 26.5. The molecule has 2 aromatic rings. The second kappa shape index (κ2) is 8.34. The minimum absolute atomic E-state index is 0.00816. The van der Waals surface area contributed by atoms with Crippen molar-refractivity contribution in [2.45, 2.75) is 6.42 Å². The smallest absolute Gasteiger partial charge is 0.229 e. The lowest BCUT2D eigenvalue weighted by Gasteiger charge is -2.20. The Morgan fingerprint density at radius 3 is 2.10 bits per heavy atom. The molecular formula is C20H20F2N2O5. The van der Waals surface area contributed by atoms with Gasteiger partial charge in [0, 0.05) is 36.9 Å². The second-order valence-corrected chi connectivity index (χ2v) is 6.44. The molecule has 1 aliphatic rings. The molecule has 3 rings (SSSR count). The molecule has 2 aromatic carbocycles. The van der Waals surface area contributed by atoms with Crippen LogP contribution in [0.3, 0.4) is 0 Å². The van der Waals surface area contributed by atoms with Crippen LogP contribution in [0.15, 0.2) is 30.3 Å². The summed E-state index contributed by atoms with van der Waals surface area (Å²) in [7, 11) is 4.39. The highest BCUT2D eigenvalue weighted by molar-refractivity contribution is 6.03. The summed E-state index contributed by atoms with van der Waals surface area (Å²) >= 11 is 0. The molecule has 0 saturated carbocycles. The van der Waals surface area contributed by atoms with E-state index in [0.29, 0.717) is 29.0 Å². The number of hydrogen-bond acceptors (Lipinski definition) is 5. The molecule has 0 aromatic heterocycles. The Bertz CT molecular complexity index is 905. The molecular weight excluding hydrogens is 386 g/mol. The van der Waals surface area contributed by atoms with Crippen molar-refractivity contribution in [2.24, 2.45) is 5.92 Å². The normalized spacial score (nSPS) is 16.0. The average Bonchev–Trinajstić information content (AvgIpc) is 3.07. The highest BCUT2D eigenvalue weighted by Crippen LogP contribution is 2.42. The number of nitrogens with zero attached hydrogens (tertiary/aromatic N) is 1. The van der Waals surface area contributed by atoms with Gasteiger partial charge in [0.05, 0.1) is 32.9 Å². The number of carbonyl (C=O) groups is 2. The van der Waals surface area contributed by atoms with Gasteiger partial charge in [0.25, 0.3) is 0 Å². The van der Waals surface area contributed by atoms with Crippen LogP contribution in [0.4, 0.5) is 20.2 Å². The van der Waals surface area contributed by atoms with Gasteiger partial charge in [-0.05, 0) is 12.1 Å². The third-order valence-corrected chi connectivity index (χ3v) is 4.59. The van der Waals surface area contributed by atoms with Crippen LogP contribution in [0.5, 0.6) is 17.2 Å². The average molecular weight is 406 g/mol. The number of ether oxygens (including phenoxy) is 3. The van der Waals surface area contributed by atoms with E-state index in [0.717, 1.165) is 12.1 Å². The number of halogens is 2. The van der Waals surface area contributed by atoms with Crippen LogP contribution >= 0.6 is 0 Å². The standard InChI is InChI=1S/C20H20F2N2O5/c1-27-16-8-15(9-17(28-2)19(16)29-3)24-10-11(4-18(24)25)20(26)23-14-6-12(21)5-13(22)7-14/h5-9,11H,4,10H2,1-3H3,(H,23,26). The van der Waals surface area contributed by atoms with Crippen molar-refractivity contribution in [1.29, 1.82) is 0 Å². The maximum absolute atomic E-state index is 13.3. The van der Waals surface area contributed by atoms with Crippen molar-refractivity contribution in [3.8, 4) is 17.2 Å². The van der Waals surface area contributed by atoms with Gasteiger partial charge in [-0.1, -0.05) is 0 Å². The minimum Gasteiger partial charge on any atom is -0.493 e. The van der Waals surface area contributed by atoms with Crippen LogP contribution in [-0.2, 0) is 9.59 Å². The van der Waals surface area contributed by atoms with Crippen molar-refractivity contribution in [1.82, 2.24) is 0 Å². The zero-order valence-electron chi connectivity index (χ0n) is 16.1. The number of carbonyl (C=O) groups excluding carboxylic acids is 2. The number of methoxy groups -OCH3 is 3. The lowest BCUT2D eigenvalue weighted by molar-refractivity contribution is -0.122. The van der Waals surface area contributed by atoms with Crippen LogP contribution in [-0.4, -0.2) is 39.7 Å². The van der Waals surface area contributed by atoms with E-state index in [-0.39, 0.29) is 24.6 Å². The molecule has 154 valence electrons. The molecule has 1 aliphatic heterocycles.